The molecule has 0 atom stereocenters. The first kappa shape index (κ1) is 25.2. The van der Waals surface area contributed by atoms with E-state index in [2.05, 4.69) is 109 Å². The van der Waals surface area contributed by atoms with Gasteiger partial charge in [0.2, 0.25) is 0 Å². The molecule has 4 nitrogen and oxygen atoms in total. The van der Waals surface area contributed by atoms with Gasteiger partial charge in [0.15, 0.2) is 0 Å². The van der Waals surface area contributed by atoms with Crippen LogP contribution >= 0.6 is 22.7 Å². The molecule has 42 heavy (non-hydrogen) atoms. The Hall–Kier alpha value is -4.52. The van der Waals surface area contributed by atoms with Crippen LogP contribution in [0.5, 0.6) is 0 Å². The number of aromatic nitrogens is 4. The van der Waals surface area contributed by atoms with Gasteiger partial charge in [-0.3, -0.25) is 0 Å². The van der Waals surface area contributed by atoms with Crippen LogP contribution in [0.3, 0.4) is 0 Å². The molecule has 4 aromatic heterocycles. The summed E-state index contributed by atoms with van der Waals surface area (Å²) in [4.78, 5) is 21.6. The molecule has 0 bridgehead atoms. The molecule has 202 valence electrons. The summed E-state index contributed by atoms with van der Waals surface area (Å²) in [6.07, 6.45) is 0. The first-order valence-corrected chi connectivity index (χ1v) is 15.6. The third-order valence-electron chi connectivity index (χ3n) is 7.90. The average Bonchev–Trinajstić information content (AvgIpc) is 3.53. The fourth-order valence-corrected chi connectivity index (χ4v) is 7.89. The van der Waals surface area contributed by atoms with E-state index in [0.29, 0.717) is 0 Å². The minimum Gasteiger partial charge on any atom is -0.247 e. The van der Waals surface area contributed by atoms with E-state index in [9.17, 15) is 0 Å². The van der Waals surface area contributed by atoms with E-state index in [0.717, 1.165) is 65.1 Å². The topological polar surface area (TPSA) is 51.6 Å². The third-order valence-corrected chi connectivity index (χ3v) is 10.1. The number of aryl methyl sites for hydroxylation is 4. The van der Waals surface area contributed by atoms with Crippen molar-refractivity contribution < 1.29 is 0 Å². The van der Waals surface area contributed by atoms with E-state index < -0.39 is 0 Å². The molecule has 0 N–H and O–H groups in total. The zero-order valence-corrected chi connectivity index (χ0v) is 25.3. The summed E-state index contributed by atoms with van der Waals surface area (Å²) in [5, 5.41) is 9.61. The Morgan fingerprint density at radius 2 is 0.786 bits per heavy atom. The minimum atomic E-state index is 0.975. The quantitative estimate of drug-likeness (QED) is 0.195. The number of pyridine rings is 2. The van der Waals surface area contributed by atoms with Crippen molar-refractivity contribution in [1.82, 2.24) is 19.9 Å². The maximum atomic E-state index is 5.06. The molecule has 0 spiro atoms. The molecule has 0 aliphatic heterocycles. The van der Waals surface area contributed by atoms with Crippen LogP contribution < -0.4 is 0 Å². The molecular weight excluding hydrogens is 553 g/mol. The van der Waals surface area contributed by atoms with Gasteiger partial charge in [-0.2, -0.15) is 0 Å². The lowest BCUT2D eigenvalue weighted by molar-refractivity contribution is 1.19. The Kier molecular flexibility index (Phi) is 5.71. The van der Waals surface area contributed by atoms with Crippen LogP contribution in [0.2, 0.25) is 0 Å². The Morgan fingerprint density at radius 1 is 0.429 bits per heavy atom. The van der Waals surface area contributed by atoms with Gasteiger partial charge in [-0.05, 0) is 109 Å². The SMILES string of the molecule is Cc1nc(C)c(-c2cccc(-c3cc4ccc5cc(-c6cccc(-c7sc(C)nc7C)n6)cc6ccc(c3)c4c56)n2)s1. The van der Waals surface area contributed by atoms with Gasteiger partial charge in [-0.25, -0.2) is 19.9 Å². The molecule has 4 aromatic carbocycles. The lowest BCUT2D eigenvalue weighted by Gasteiger charge is -2.14. The van der Waals surface area contributed by atoms with E-state index >= 15 is 0 Å². The highest BCUT2D eigenvalue weighted by molar-refractivity contribution is 7.15. The Bertz CT molecular complexity index is 2080. The van der Waals surface area contributed by atoms with Crippen molar-refractivity contribution in [3.05, 3.63) is 106 Å². The maximum absolute atomic E-state index is 5.06. The maximum Gasteiger partial charge on any atom is 0.0904 e. The molecule has 0 aliphatic rings. The number of hydrogen-bond donors (Lipinski definition) is 0. The summed E-state index contributed by atoms with van der Waals surface area (Å²) in [5.74, 6) is 0. The molecule has 0 radical (unpaired) electrons. The number of hydrogen-bond acceptors (Lipinski definition) is 6. The number of benzene rings is 4. The predicted octanol–water partition coefficient (Wildman–Crippen LogP) is 10.2. The monoisotopic (exact) mass is 578 g/mol. The van der Waals surface area contributed by atoms with E-state index in [1.165, 1.54) is 32.3 Å². The van der Waals surface area contributed by atoms with Crippen molar-refractivity contribution in [2.24, 2.45) is 0 Å². The lowest BCUT2D eigenvalue weighted by Crippen LogP contribution is -1.91. The van der Waals surface area contributed by atoms with E-state index in [-0.39, 0.29) is 0 Å². The first-order chi connectivity index (χ1) is 20.4. The highest BCUT2D eigenvalue weighted by atomic mass is 32.1. The number of nitrogens with zero attached hydrogens (tertiary/aromatic N) is 4. The largest absolute Gasteiger partial charge is 0.247 e. The van der Waals surface area contributed by atoms with Gasteiger partial charge in [-0.15, -0.1) is 22.7 Å². The summed E-state index contributed by atoms with van der Waals surface area (Å²) in [6, 6.07) is 30.6. The molecule has 0 unspecified atom stereocenters. The van der Waals surface area contributed by atoms with Gasteiger partial charge in [-0.1, -0.05) is 36.4 Å². The Morgan fingerprint density at radius 3 is 1.12 bits per heavy atom. The highest BCUT2D eigenvalue weighted by Gasteiger charge is 2.15. The number of rotatable bonds is 4. The molecule has 0 saturated carbocycles. The van der Waals surface area contributed by atoms with Crippen molar-refractivity contribution in [3.63, 3.8) is 0 Å². The Labute approximate surface area is 251 Å². The summed E-state index contributed by atoms with van der Waals surface area (Å²) in [7, 11) is 0. The molecule has 0 saturated heterocycles. The molecule has 6 heteroatoms. The normalized spacial score (nSPS) is 11.8. The van der Waals surface area contributed by atoms with Gasteiger partial charge in [0.05, 0.1) is 53.9 Å². The van der Waals surface area contributed by atoms with Crippen molar-refractivity contribution >= 4 is 55.0 Å². The van der Waals surface area contributed by atoms with Crippen LogP contribution in [0, 0.1) is 27.7 Å². The summed E-state index contributed by atoms with van der Waals surface area (Å²) >= 11 is 3.40. The summed E-state index contributed by atoms with van der Waals surface area (Å²) < 4.78 is 0. The average molecular weight is 579 g/mol. The number of thiazole rings is 2. The second-order valence-corrected chi connectivity index (χ2v) is 13.2. The molecule has 0 amide bonds. The van der Waals surface area contributed by atoms with Crippen molar-refractivity contribution in [3.8, 4) is 43.7 Å². The standard InChI is InChI=1S/C36H26N4S2/c1-19-35(41-21(3)37-19)31-9-5-7-29(39-31)27-15-23-11-13-25-17-28(18-26-14-12-24(16-27)33(23)34(25)26)30-8-6-10-32(40-30)36-20(2)38-22(4)42-36/h5-18H,1-4H3. The highest BCUT2D eigenvalue weighted by Crippen LogP contribution is 2.40. The van der Waals surface area contributed by atoms with Gasteiger partial charge >= 0.3 is 0 Å². The van der Waals surface area contributed by atoms with Crippen LogP contribution in [-0.4, -0.2) is 19.9 Å². The van der Waals surface area contributed by atoms with Crippen LogP contribution in [0.25, 0.3) is 76.0 Å². The summed E-state index contributed by atoms with van der Waals surface area (Å²) in [5.41, 5.74) is 8.22. The molecule has 4 heterocycles. The van der Waals surface area contributed by atoms with E-state index in [1.807, 2.05) is 13.8 Å². The molecule has 8 rings (SSSR count). The first-order valence-electron chi connectivity index (χ1n) is 14.0. The molecule has 0 fully saturated rings. The second kappa shape index (κ2) is 9.51. The predicted molar refractivity (Wildman–Crippen MR) is 178 cm³/mol. The fraction of sp³-hybridized carbons (Fsp3) is 0.111. The molecule has 0 aliphatic carbocycles. The Balaban J connectivity index is 1.24. The van der Waals surface area contributed by atoms with E-state index in [4.69, 9.17) is 9.97 Å². The van der Waals surface area contributed by atoms with Crippen LogP contribution in [0.15, 0.2) is 84.9 Å². The third kappa shape index (κ3) is 4.10. The van der Waals surface area contributed by atoms with E-state index in [1.54, 1.807) is 22.7 Å². The van der Waals surface area contributed by atoms with Gasteiger partial charge in [0.25, 0.3) is 0 Å². The molecular formula is C36H26N4S2. The van der Waals surface area contributed by atoms with Gasteiger partial charge in [0.1, 0.15) is 0 Å². The smallest absolute Gasteiger partial charge is 0.0904 e. The lowest BCUT2D eigenvalue weighted by atomic mass is 9.90. The van der Waals surface area contributed by atoms with Crippen molar-refractivity contribution in [1.29, 1.82) is 0 Å². The van der Waals surface area contributed by atoms with Gasteiger partial charge < -0.3 is 0 Å². The zero-order valence-electron chi connectivity index (χ0n) is 23.7. The zero-order chi connectivity index (χ0) is 28.5. The second-order valence-electron chi connectivity index (χ2n) is 10.8. The van der Waals surface area contributed by atoms with Crippen molar-refractivity contribution in [2.75, 3.05) is 0 Å². The van der Waals surface area contributed by atoms with Crippen LogP contribution in [0.1, 0.15) is 21.4 Å². The van der Waals surface area contributed by atoms with Crippen LogP contribution in [-0.2, 0) is 0 Å². The minimum absolute atomic E-state index is 0.975. The van der Waals surface area contributed by atoms with Gasteiger partial charge in [0, 0.05) is 11.1 Å². The summed E-state index contributed by atoms with van der Waals surface area (Å²) in [6.45, 7) is 8.21. The van der Waals surface area contributed by atoms with Crippen molar-refractivity contribution in [2.45, 2.75) is 27.7 Å². The van der Waals surface area contributed by atoms with Crippen LogP contribution in [0.4, 0.5) is 0 Å². The fourth-order valence-electron chi connectivity index (χ4n) is 6.12. The molecule has 8 aromatic rings.